The zero-order valence-electron chi connectivity index (χ0n) is 7.97. The summed E-state index contributed by atoms with van der Waals surface area (Å²) in [6.07, 6.45) is 0.993. The van der Waals surface area contributed by atoms with Crippen LogP contribution < -0.4 is 5.32 Å². The van der Waals surface area contributed by atoms with Crippen molar-refractivity contribution in [1.82, 2.24) is 14.9 Å². The topological polar surface area (TPSA) is 29.9 Å². The van der Waals surface area contributed by atoms with E-state index in [1.807, 2.05) is 0 Å². The molecule has 1 N–H and O–H groups in total. The largest absolute Gasteiger partial charge is 0.320 e. The van der Waals surface area contributed by atoms with Crippen LogP contribution in [-0.2, 0) is 13.0 Å². The molecule has 0 saturated carbocycles. The van der Waals surface area contributed by atoms with Crippen LogP contribution in [0.3, 0.4) is 0 Å². The van der Waals surface area contributed by atoms with E-state index in [0.717, 1.165) is 25.3 Å². The lowest BCUT2D eigenvalue weighted by Crippen LogP contribution is -2.31. The van der Waals surface area contributed by atoms with Gasteiger partial charge in [0.1, 0.15) is 10.4 Å². The summed E-state index contributed by atoms with van der Waals surface area (Å²) >= 11 is 3.60. The Hall–Kier alpha value is -0.350. The minimum Gasteiger partial charge on any atom is -0.320 e. The van der Waals surface area contributed by atoms with Gasteiger partial charge in [-0.15, -0.1) is 0 Å². The Kier molecular flexibility index (Phi) is 2.43. The number of hydrogen-bond acceptors (Lipinski definition) is 2. The molecule has 2 rings (SSSR count). The summed E-state index contributed by atoms with van der Waals surface area (Å²) in [5, 5.41) is 3.40. The second-order valence-electron chi connectivity index (χ2n) is 3.39. The molecule has 0 radical (unpaired) electrons. The highest BCUT2D eigenvalue weighted by Gasteiger charge is 2.21. The van der Waals surface area contributed by atoms with Gasteiger partial charge in [0.25, 0.3) is 0 Å². The molecule has 0 amide bonds. The fourth-order valence-corrected chi connectivity index (χ4v) is 2.48. The maximum atomic E-state index is 4.60. The lowest BCUT2D eigenvalue weighted by Gasteiger charge is -2.21. The average Bonchev–Trinajstić information content (AvgIpc) is 2.45. The molecule has 0 unspecified atom stereocenters. The number of hydrogen-bond donors (Lipinski definition) is 1. The molecule has 1 atom stereocenters. The quantitative estimate of drug-likeness (QED) is 0.817. The molecule has 1 aromatic heterocycles. The van der Waals surface area contributed by atoms with Crippen molar-refractivity contribution in [2.75, 3.05) is 6.54 Å². The van der Waals surface area contributed by atoms with Crippen LogP contribution in [0, 0.1) is 0 Å². The number of aromatic nitrogens is 2. The minimum atomic E-state index is 0.380. The maximum Gasteiger partial charge on any atom is 0.126 e. The van der Waals surface area contributed by atoms with Gasteiger partial charge in [-0.25, -0.2) is 4.98 Å². The Morgan fingerprint density at radius 2 is 2.46 bits per heavy atom. The van der Waals surface area contributed by atoms with Crippen molar-refractivity contribution in [2.45, 2.75) is 32.9 Å². The van der Waals surface area contributed by atoms with Gasteiger partial charge in [-0.3, -0.25) is 0 Å². The van der Waals surface area contributed by atoms with E-state index in [2.05, 4.69) is 44.6 Å². The second kappa shape index (κ2) is 3.42. The molecule has 0 spiro atoms. The Morgan fingerprint density at radius 3 is 3.08 bits per heavy atom. The van der Waals surface area contributed by atoms with Gasteiger partial charge in [-0.1, -0.05) is 6.92 Å². The Bertz CT molecular complexity index is 319. The van der Waals surface area contributed by atoms with Crippen LogP contribution >= 0.6 is 15.9 Å². The lowest BCUT2D eigenvalue weighted by atomic mass is 10.2. The van der Waals surface area contributed by atoms with Crippen molar-refractivity contribution in [2.24, 2.45) is 0 Å². The zero-order valence-corrected chi connectivity index (χ0v) is 9.56. The van der Waals surface area contributed by atoms with E-state index < -0.39 is 0 Å². The first-order valence-corrected chi connectivity index (χ1v) is 5.51. The molecule has 13 heavy (non-hydrogen) atoms. The van der Waals surface area contributed by atoms with E-state index in [1.165, 1.54) is 10.3 Å². The summed E-state index contributed by atoms with van der Waals surface area (Å²) in [6, 6.07) is 0.380. The molecule has 0 bridgehead atoms. The van der Waals surface area contributed by atoms with E-state index in [4.69, 9.17) is 0 Å². The third-order valence-corrected chi connectivity index (χ3v) is 3.40. The summed E-state index contributed by atoms with van der Waals surface area (Å²) in [6.45, 7) is 6.35. The standard InChI is InChI=1S/C9H14BrN3/c1-3-7-8(10)13-5-4-11-6(2)9(13)12-7/h6,11H,3-5H2,1-2H3/t6-/m1/s1. The van der Waals surface area contributed by atoms with E-state index in [-0.39, 0.29) is 0 Å². The predicted molar refractivity (Wildman–Crippen MR) is 55.7 cm³/mol. The molecule has 0 aromatic carbocycles. The summed E-state index contributed by atoms with van der Waals surface area (Å²) in [4.78, 5) is 4.60. The van der Waals surface area contributed by atoms with Gasteiger partial charge in [0, 0.05) is 13.1 Å². The van der Waals surface area contributed by atoms with Gasteiger partial charge in [-0.2, -0.15) is 0 Å². The Labute approximate surface area is 86.7 Å². The first kappa shape index (κ1) is 9.21. The molecular formula is C9H14BrN3. The summed E-state index contributed by atoms with van der Waals surface area (Å²) in [7, 11) is 0. The zero-order chi connectivity index (χ0) is 9.42. The van der Waals surface area contributed by atoms with Crippen molar-refractivity contribution in [3.8, 4) is 0 Å². The third kappa shape index (κ3) is 1.42. The minimum absolute atomic E-state index is 0.380. The molecule has 4 heteroatoms. The molecule has 72 valence electrons. The molecule has 0 aliphatic carbocycles. The number of nitrogens with one attached hydrogen (secondary N) is 1. The van der Waals surface area contributed by atoms with Crippen LogP contribution in [0.5, 0.6) is 0 Å². The molecule has 3 nitrogen and oxygen atoms in total. The van der Waals surface area contributed by atoms with Crippen molar-refractivity contribution < 1.29 is 0 Å². The smallest absolute Gasteiger partial charge is 0.126 e. The van der Waals surface area contributed by atoms with Crippen LogP contribution in [-0.4, -0.2) is 16.1 Å². The van der Waals surface area contributed by atoms with E-state index in [1.54, 1.807) is 0 Å². The molecule has 0 saturated heterocycles. The van der Waals surface area contributed by atoms with Gasteiger partial charge in [0.05, 0.1) is 11.7 Å². The number of rotatable bonds is 1. The number of aryl methyl sites for hydroxylation is 1. The van der Waals surface area contributed by atoms with Crippen LogP contribution in [0.25, 0.3) is 0 Å². The number of nitrogens with zero attached hydrogens (tertiary/aromatic N) is 2. The summed E-state index contributed by atoms with van der Waals surface area (Å²) in [5.41, 5.74) is 1.17. The first-order chi connectivity index (χ1) is 6.24. The van der Waals surface area contributed by atoms with Crippen molar-refractivity contribution in [3.05, 3.63) is 16.1 Å². The Balaban J connectivity index is 2.48. The van der Waals surface area contributed by atoms with Gasteiger partial charge < -0.3 is 9.88 Å². The average molecular weight is 244 g/mol. The number of halogens is 1. The van der Waals surface area contributed by atoms with Crippen molar-refractivity contribution in [3.63, 3.8) is 0 Å². The van der Waals surface area contributed by atoms with Crippen LogP contribution in [0.2, 0.25) is 0 Å². The highest BCUT2D eigenvalue weighted by atomic mass is 79.9. The normalized spacial score (nSPS) is 21.6. The number of imidazole rings is 1. The Morgan fingerprint density at radius 1 is 1.69 bits per heavy atom. The molecule has 1 aromatic rings. The molecule has 0 fully saturated rings. The highest BCUT2D eigenvalue weighted by Crippen LogP contribution is 2.25. The number of fused-ring (bicyclic) bond motifs is 1. The van der Waals surface area contributed by atoms with E-state index in [9.17, 15) is 0 Å². The molecule has 1 aliphatic rings. The van der Waals surface area contributed by atoms with E-state index >= 15 is 0 Å². The second-order valence-corrected chi connectivity index (χ2v) is 4.14. The van der Waals surface area contributed by atoms with Gasteiger partial charge >= 0.3 is 0 Å². The lowest BCUT2D eigenvalue weighted by molar-refractivity contribution is 0.433. The molecule has 1 aliphatic heterocycles. The van der Waals surface area contributed by atoms with E-state index in [0.29, 0.717) is 6.04 Å². The molecular weight excluding hydrogens is 230 g/mol. The first-order valence-electron chi connectivity index (χ1n) is 4.72. The fraction of sp³-hybridized carbons (Fsp3) is 0.667. The van der Waals surface area contributed by atoms with Crippen molar-refractivity contribution in [1.29, 1.82) is 0 Å². The van der Waals surface area contributed by atoms with Gasteiger partial charge in [0.15, 0.2) is 0 Å². The molecule has 2 heterocycles. The fourth-order valence-electron chi connectivity index (χ4n) is 1.75. The van der Waals surface area contributed by atoms with Crippen LogP contribution in [0.4, 0.5) is 0 Å². The summed E-state index contributed by atoms with van der Waals surface area (Å²) < 4.78 is 3.43. The van der Waals surface area contributed by atoms with Gasteiger partial charge in [-0.05, 0) is 29.3 Å². The predicted octanol–water partition coefficient (Wildman–Crippen LogP) is 1.87. The monoisotopic (exact) mass is 243 g/mol. The van der Waals surface area contributed by atoms with Crippen LogP contribution in [0.15, 0.2) is 4.60 Å². The van der Waals surface area contributed by atoms with Crippen LogP contribution in [0.1, 0.15) is 31.4 Å². The SMILES string of the molecule is CCc1nc2n(c1Br)CCN[C@@H]2C. The third-order valence-electron chi connectivity index (χ3n) is 2.51. The van der Waals surface area contributed by atoms with Crippen molar-refractivity contribution >= 4 is 15.9 Å². The maximum absolute atomic E-state index is 4.60. The summed E-state index contributed by atoms with van der Waals surface area (Å²) in [5.74, 6) is 1.16. The van der Waals surface area contributed by atoms with Gasteiger partial charge in [0.2, 0.25) is 0 Å². The highest BCUT2D eigenvalue weighted by molar-refractivity contribution is 9.10.